The van der Waals surface area contributed by atoms with Gasteiger partial charge < -0.3 is 9.90 Å². The highest BCUT2D eigenvalue weighted by Crippen LogP contribution is 2.72. The lowest BCUT2D eigenvalue weighted by Gasteiger charge is -2.51. The third-order valence-corrected chi connectivity index (χ3v) is 10.5. The summed E-state index contributed by atoms with van der Waals surface area (Å²) in [6.45, 7) is 12.0. The van der Waals surface area contributed by atoms with Crippen molar-refractivity contribution in [1.29, 1.82) is 0 Å². The summed E-state index contributed by atoms with van der Waals surface area (Å²) in [6, 6.07) is 0. The summed E-state index contributed by atoms with van der Waals surface area (Å²) in [7, 11) is 0. The number of carbonyl (C=O) groups excluding carboxylic acids is 1. The van der Waals surface area contributed by atoms with E-state index < -0.39 is 5.60 Å². The molecule has 0 spiro atoms. The topological polar surface area (TPSA) is 37.3 Å². The molecule has 1 N–H and O–H groups in total. The van der Waals surface area contributed by atoms with Crippen LogP contribution in [0.4, 0.5) is 0 Å². The van der Waals surface area contributed by atoms with Crippen molar-refractivity contribution >= 4 is 6.29 Å². The van der Waals surface area contributed by atoms with Crippen LogP contribution in [0.15, 0.2) is 12.2 Å². The third kappa shape index (κ3) is 3.02. The second-order valence-electron chi connectivity index (χ2n) is 12.2. The van der Waals surface area contributed by atoms with Gasteiger partial charge in [-0.1, -0.05) is 66.0 Å². The fourth-order valence-electron chi connectivity index (χ4n) is 8.96. The van der Waals surface area contributed by atoms with Crippen LogP contribution in [0.3, 0.4) is 0 Å². The van der Waals surface area contributed by atoms with Crippen LogP contribution in [-0.2, 0) is 4.79 Å². The number of carbonyl (C=O) groups is 1. The van der Waals surface area contributed by atoms with Crippen molar-refractivity contribution in [3.63, 3.8) is 0 Å². The molecule has 0 heterocycles. The van der Waals surface area contributed by atoms with E-state index in [-0.39, 0.29) is 11.3 Å². The molecular weight excluding hydrogens is 356 g/mol. The average Bonchev–Trinajstić information content (AvgIpc) is 3.10. The van der Waals surface area contributed by atoms with Gasteiger partial charge in [0.2, 0.25) is 0 Å². The molecule has 3 fully saturated rings. The number of rotatable bonds is 6. The smallest absolute Gasteiger partial charge is 0.126 e. The van der Waals surface area contributed by atoms with E-state index in [4.69, 9.17) is 0 Å². The molecule has 29 heavy (non-hydrogen) atoms. The molecule has 4 aliphatic rings. The molecule has 4 aliphatic carbocycles. The summed E-state index contributed by atoms with van der Waals surface area (Å²) >= 11 is 0. The Kier molecular flexibility index (Phi) is 5.59. The van der Waals surface area contributed by atoms with Gasteiger partial charge in [0.05, 0.1) is 11.5 Å². The van der Waals surface area contributed by atoms with Crippen LogP contribution in [0.5, 0.6) is 0 Å². The molecule has 164 valence electrons. The van der Waals surface area contributed by atoms with Crippen molar-refractivity contribution in [3.8, 4) is 0 Å². The highest BCUT2D eigenvalue weighted by atomic mass is 16.3. The molecule has 0 radical (unpaired) electrons. The van der Waals surface area contributed by atoms with Crippen molar-refractivity contribution in [1.82, 2.24) is 0 Å². The van der Waals surface area contributed by atoms with Gasteiger partial charge in [0.1, 0.15) is 6.29 Å². The van der Waals surface area contributed by atoms with Crippen LogP contribution in [0.25, 0.3) is 0 Å². The van der Waals surface area contributed by atoms with E-state index in [2.05, 4.69) is 40.7 Å². The molecule has 2 nitrogen and oxygen atoms in total. The van der Waals surface area contributed by atoms with E-state index in [0.29, 0.717) is 23.2 Å². The lowest BCUT2D eigenvalue weighted by atomic mass is 9.53. The van der Waals surface area contributed by atoms with E-state index >= 15 is 0 Å². The molecule has 4 rings (SSSR count). The van der Waals surface area contributed by atoms with Crippen LogP contribution in [0.1, 0.15) is 92.4 Å². The molecule has 0 aromatic rings. The highest BCUT2D eigenvalue weighted by molar-refractivity contribution is 5.60. The maximum absolute atomic E-state index is 12.4. The maximum Gasteiger partial charge on any atom is 0.126 e. The van der Waals surface area contributed by atoms with Gasteiger partial charge in [0, 0.05) is 5.41 Å². The van der Waals surface area contributed by atoms with Gasteiger partial charge in [-0.2, -0.15) is 0 Å². The van der Waals surface area contributed by atoms with Crippen LogP contribution in [0, 0.1) is 52.3 Å². The first-order valence-corrected chi connectivity index (χ1v) is 12.5. The number of aliphatic hydroxyl groups is 1. The Balaban J connectivity index is 1.59. The third-order valence-electron chi connectivity index (χ3n) is 10.5. The predicted molar refractivity (Wildman–Crippen MR) is 119 cm³/mol. The van der Waals surface area contributed by atoms with Gasteiger partial charge in [0.15, 0.2) is 0 Å². The molecule has 0 bridgehead atoms. The molecule has 9 atom stereocenters. The van der Waals surface area contributed by atoms with E-state index in [9.17, 15) is 9.90 Å². The molecule has 0 saturated heterocycles. The Morgan fingerprint density at radius 1 is 1.07 bits per heavy atom. The van der Waals surface area contributed by atoms with Gasteiger partial charge in [0.25, 0.3) is 0 Å². The average molecular weight is 401 g/mol. The second-order valence-corrected chi connectivity index (χ2v) is 12.2. The summed E-state index contributed by atoms with van der Waals surface area (Å²) in [4.78, 5) is 12.4. The Morgan fingerprint density at radius 2 is 1.83 bits per heavy atom. The zero-order chi connectivity index (χ0) is 21.0. The largest absolute Gasteiger partial charge is 0.384 e. The summed E-state index contributed by atoms with van der Waals surface area (Å²) in [5.41, 5.74) is -0.696. The quantitative estimate of drug-likeness (QED) is 0.412. The lowest BCUT2D eigenvalue weighted by Crippen LogP contribution is -2.49. The van der Waals surface area contributed by atoms with Crippen LogP contribution >= 0.6 is 0 Å². The zero-order valence-electron chi connectivity index (χ0n) is 19.5. The molecule has 4 unspecified atom stereocenters. The maximum atomic E-state index is 12.4. The number of hydrogen-bond acceptors (Lipinski definition) is 2. The molecule has 0 aromatic heterocycles. The van der Waals surface area contributed by atoms with Crippen LogP contribution in [0.2, 0.25) is 0 Å². The van der Waals surface area contributed by atoms with E-state index in [1.54, 1.807) is 0 Å². The van der Waals surface area contributed by atoms with Crippen LogP contribution in [-0.4, -0.2) is 17.0 Å². The number of allylic oxidation sites excluding steroid dienone is 1. The van der Waals surface area contributed by atoms with E-state index in [0.717, 1.165) is 36.9 Å². The molecule has 0 aromatic carbocycles. The minimum Gasteiger partial charge on any atom is -0.384 e. The van der Waals surface area contributed by atoms with Crippen molar-refractivity contribution < 1.29 is 9.90 Å². The van der Waals surface area contributed by atoms with Crippen molar-refractivity contribution in [3.05, 3.63) is 12.2 Å². The first-order valence-electron chi connectivity index (χ1n) is 12.5. The monoisotopic (exact) mass is 400 g/mol. The molecule has 3 saturated carbocycles. The number of hydrogen-bond donors (Lipinski definition) is 1. The summed E-state index contributed by atoms with van der Waals surface area (Å²) in [6.07, 6.45) is 16.5. The molecule has 2 heteroatoms. The Labute approximate surface area is 178 Å². The second kappa shape index (κ2) is 7.50. The standard InChI is InChI=1S/C27H44O2/c1-18(2)9-8-10-19(3)20-11-12-21-24-22(13-16-25(20,21)4)26(5)14-6-7-15-27(26,29)23(24)17-28/h7,15,17-24,29H,6,8-14,16H2,1-5H3/t19-,20-,21?,22?,23?,24?,25-,26-,27-/m1/s1. The van der Waals surface area contributed by atoms with Gasteiger partial charge in [-0.3, -0.25) is 0 Å². The van der Waals surface area contributed by atoms with Crippen molar-refractivity contribution in [2.45, 2.75) is 98.0 Å². The fraction of sp³-hybridized carbons (Fsp3) is 0.889. The first-order chi connectivity index (χ1) is 13.7. The first kappa shape index (κ1) is 21.6. The number of aldehydes is 1. The SMILES string of the molecule is CC(C)CCC[C@@H](C)[C@H]1CCC2C3C(C=O)[C@]4(O)C=CCC[C@]4(C)C3CC[C@@]21C. The van der Waals surface area contributed by atoms with Gasteiger partial charge in [-0.25, -0.2) is 0 Å². The highest BCUT2D eigenvalue weighted by Gasteiger charge is 2.70. The van der Waals surface area contributed by atoms with Crippen molar-refractivity contribution in [2.24, 2.45) is 52.3 Å². The van der Waals surface area contributed by atoms with Crippen molar-refractivity contribution in [2.75, 3.05) is 0 Å². The summed E-state index contributed by atoms with van der Waals surface area (Å²) < 4.78 is 0. The Hall–Kier alpha value is -0.630. The van der Waals surface area contributed by atoms with E-state index in [1.807, 2.05) is 6.08 Å². The summed E-state index contributed by atoms with van der Waals surface area (Å²) in [5, 5.41) is 11.8. The normalized spacial score (nSPS) is 49.6. The zero-order valence-corrected chi connectivity index (χ0v) is 19.5. The molecular formula is C27H44O2. The predicted octanol–water partition coefficient (Wildman–Crippen LogP) is 6.42. The lowest BCUT2D eigenvalue weighted by molar-refractivity contribution is -0.123. The number of fused-ring (bicyclic) bond motifs is 5. The molecule has 0 aliphatic heterocycles. The van der Waals surface area contributed by atoms with Gasteiger partial charge >= 0.3 is 0 Å². The van der Waals surface area contributed by atoms with Crippen LogP contribution < -0.4 is 0 Å². The summed E-state index contributed by atoms with van der Waals surface area (Å²) in [5.74, 6) is 3.63. The van der Waals surface area contributed by atoms with E-state index in [1.165, 1.54) is 44.9 Å². The van der Waals surface area contributed by atoms with Gasteiger partial charge in [-0.05, 0) is 79.4 Å². The van der Waals surface area contributed by atoms with Gasteiger partial charge in [-0.15, -0.1) is 0 Å². The fourth-order valence-corrected chi connectivity index (χ4v) is 8.96. The Bertz CT molecular complexity index is 653. The molecule has 0 amide bonds. The minimum atomic E-state index is -0.922. The minimum absolute atomic E-state index is 0.125. The Morgan fingerprint density at radius 3 is 2.52 bits per heavy atom.